The minimum Gasteiger partial charge on any atom is -0.420 e. The van der Waals surface area contributed by atoms with E-state index in [4.69, 9.17) is 9.68 Å². The number of carbonyl (C=O) groups is 1. The van der Waals surface area contributed by atoms with Crippen molar-refractivity contribution in [1.82, 2.24) is 10.2 Å². The fourth-order valence-corrected chi connectivity index (χ4v) is 2.49. The number of hydrogen-bond donors (Lipinski definition) is 1. The minimum atomic E-state index is -0.636. The third-order valence-corrected chi connectivity index (χ3v) is 3.60. The second-order valence-electron chi connectivity index (χ2n) is 4.54. The van der Waals surface area contributed by atoms with E-state index in [9.17, 15) is 9.18 Å². The van der Waals surface area contributed by atoms with E-state index in [1.165, 1.54) is 23.5 Å². The average molecular weight is 328 g/mol. The molecule has 2 aromatic heterocycles. The summed E-state index contributed by atoms with van der Waals surface area (Å²) in [6.45, 7) is 0. The molecule has 23 heavy (non-hydrogen) atoms. The monoisotopic (exact) mass is 328 g/mol. The Morgan fingerprint density at radius 3 is 3.00 bits per heavy atom. The van der Waals surface area contributed by atoms with Crippen LogP contribution >= 0.6 is 11.3 Å². The topological polar surface area (TPSA) is 91.8 Å². The Balaban J connectivity index is 1.67. The van der Waals surface area contributed by atoms with Crippen LogP contribution in [0.1, 0.15) is 11.5 Å². The van der Waals surface area contributed by atoms with E-state index in [0.717, 1.165) is 11.6 Å². The van der Waals surface area contributed by atoms with Gasteiger partial charge in [0.1, 0.15) is 18.3 Å². The molecule has 0 atom stereocenters. The number of thiophene rings is 1. The third kappa shape index (κ3) is 3.41. The maximum Gasteiger partial charge on any atom is 0.248 e. The number of nitrogens with one attached hydrogen (secondary N) is 1. The molecule has 0 saturated carbocycles. The number of rotatable bonds is 4. The van der Waals surface area contributed by atoms with Crippen molar-refractivity contribution in [3.8, 4) is 17.5 Å². The van der Waals surface area contributed by atoms with E-state index >= 15 is 0 Å². The highest BCUT2D eigenvalue weighted by Crippen LogP contribution is 2.20. The van der Waals surface area contributed by atoms with Gasteiger partial charge in [-0.2, -0.15) is 16.6 Å². The normalized spacial score (nSPS) is 10.3. The Morgan fingerprint density at radius 1 is 1.39 bits per heavy atom. The number of carbonyl (C=O) groups excluding carboxylic acids is 1. The molecule has 1 aromatic carbocycles. The zero-order valence-electron chi connectivity index (χ0n) is 11.6. The zero-order chi connectivity index (χ0) is 16.2. The molecule has 0 unspecified atom stereocenters. The lowest BCUT2D eigenvalue weighted by atomic mass is 10.2. The van der Waals surface area contributed by atoms with Crippen molar-refractivity contribution in [2.45, 2.75) is 6.42 Å². The summed E-state index contributed by atoms with van der Waals surface area (Å²) in [5.41, 5.74) is 0.984. The van der Waals surface area contributed by atoms with Crippen molar-refractivity contribution >= 4 is 22.9 Å². The maximum absolute atomic E-state index is 13.2. The molecule has 0 spiro atoms. The van der Waals surface area contributed by atoms with Crippen LogP contribution in [0.15, 0.2) is 39.4 Å². The summed E-state index contributed by atoms with van der Waals surface area (Å²) in [5.74, 6) is -0.516. The number of anilines is 1. The Hall–Kier alpha value is -3.05. The molecule has 8 heteroatoms. The first-order chi connectivity index (χ1) is 11.2. The lowest BCUT2D eigenvalue weighted by Crippen LogP contribution is -2.14. The highest BCUT2D eigenvalue weighted by molar-refractivity contribution is 7.08. The van der Waals surface area contributed by atoms with Crippen LogP contribution < -0.4 is 5.32 Å². The molecule has 0 aliphatic heterocycles. The molecular formula is C15H9FN4O2S. The van der Waals surface area contributed by atoms with E-state index in [2.05, 4.69) is 15.5 Å². The Labute approximate surface area is 134 Å². The van der Waals surface area contributed by atoms with Gasteiger partial charge in [0.2, 0.25) is 17.7 Å². The van der Waals surface area contributed by atoms with Crippen molar-refractivity contribution < 1.29 is 13.6 Å². The van der Waals surface area contributed by atoms with Gasteiger partial charge in [-0.15, -0.1) is 10.2 Å². The first kappa shape index (κ1) is 14.9. The van der Waals surface area contributed by atoms with Crippen LogP contribution in [0.2, 0.25) is 0 Å². The predicted molar refractivity (Wildman–Crippen MR) is 81.1 cm³/mol. The molecule has 1 N–H and O–H groups in total. The second kappa shape index (κ2) is 6.37. The van der Waals surface area contributed by atoms with Gasteiger partial charge in [-0.3, -0.25) is 4.79 Å². The number of amides is 1. The quantitative estimate of drug-likeness (QED) is 0.795. The molecule has 0 aliphatic rings. The second-order valence-corrected chi connectivity index (χ2v) is 5.32. The summed E-state index contributed by atoms with van der Waals surface area (Å²) in [5, 5.41) is 22.8. The molecule has 0 aliphatic carbocycles. The van der Waals surface area contributed by atoms with E-state index in [-0.39, 0.29) is 17.9 Å². The van der Waals surface area contributed by atoms with Gasteiger partial charge < -0.3 is 9.73 Å². The number of nitrogens with zero attached hydrogens (tertiary/aromatic N) is 3. The van der Waals surface area contributed by atoms with Crippen LogP contribution in [-0.4, -0.2) is 16.1 Å². The van der Waals surface area contributed by atoms with Crippen LogP contribution in [0.3, 0.4) is 0 Å². The molecule has 2 heterocycles. The van der Waals surface area contributed by atoms with Crippen LogP contribution in [0.4, 0.5) is 10.1 Å². The van der Waals surface area contributed by atoms with Crippen LogP contribution in [0.25, 0.3) is 11.5 Å². The van der Waals surface area contributed by atoms with E-state index < -0.39 is 11.7 Å². The molecule has 6 nitrogen and oxygen atoms in total. The summed E-state index contributed by atoms with van der Waals surface area (Å²) in [7, 11) is 0. The molecule has 0 saturated heterocycles. The maximum atomic E-state index is 13.2. The minimum absolute atomic E-state index is 0.115. The number of aromatic nitrogens is 2. The largest absolute Gasteiger partial charge is 0.420 e. The summed E-state index contributed by atoms with van der Waals surface area (Å²) in [4.78, 5) is 11.9. The molecule has 1 amide bonds. The first-order valence-electron chi connectivity index (χ1n) is 6.50. The van der Waals surface area contributed by atoms with Gasteiger partial charge in [-0.25, -0.2) is 4.39 Å². The molecule has 0 radical (unpaired) electrons. The molecular weight excluding hydrogens is 319 g/mol. The van der Waals surface area contributed by atoms with Gasteiger partial charge in [-0.1, -0.05) is 0 Å². The van der Waals surface area contributed by atoms with Crippen molar-refractivity contribution in [1.29, 1.82) is 5.26 Å². The highest BCUT2D eigenvalue weighted by atomic mass is 32.1. The molecule has 0 bridgehead atoms. The summed E-state index contributed by atoms with van der Waals surface area (Å²) >= 11 is 1.50. The van der Waals surface area contributed by atoms with Crippen LogP contribution in [0, 0.1) is 17.1 Å². The standard InChI is InChI=1S/C15H9FN4O2S/c16-12-2-1-11(5-10(12)7-17)18-13(21)6-14-19-20-15(22-14)9-3-4-23-8-9/h1-5,8H,6H2,(H,18,21). The lowest BCUT2D eigenvalue weighted by Gasteiger charge is -2.04. The number of nitriles is 1. The third-order valence-electron chi connectivity index (χ3n) is 2.92. The fourth-order valence-electron chi connectivity index (χ4n) is 1.86. The summed E-state index contributed by atoms with van der Waals surface area (Å²) < 4.78 is 18.6. The van der Waals surface area contributed by atoms with Gasteiger partial charge >= 0.3 is 0 Å². The Bertz CT molecular complexity index is 883. The highest BCUT2D eigenvalue weighted by Gasteiger charge is 2.13. The smallest absolute Gasteiger partial charge is 0.248 e. The Kier molecular flexibility index (Phi) is 4.12. The number of hydrogen-bond acceptors (Lipinski definition) is 6. The van der Waals surface area contributed by atoms with Gasteiger partial charge in [0, 0.05) is 16.6 Å². The van der Waals surface area contributed by atoms with E-state index in [1.54, 1.807) is 6.07 Å². The first-order valence-corrected chi connectivity index (χ1v) is 7.44. The van der Waals surface area contributed by atoms with E-state index in [1.807, 2.05) is 16.8 Å². The van der Waals surface area contributed by atoms with Crippen molar-refractivity contribution in [3.05, 3.63) is 52.3 Å². The predicted octanol–water partition coefficient (Wildman–Crippen LogP) is 2.99. The summed E-state index contributed by atoms with van der Waals surface area (Å²) in [6.07, 6.45) is -0.115. The molecule has 0 fully saturated rings. The molecule has 3 rings (SSSR count). The summed E-state index contributed by atoms with van der Waals surface area (Å²) in [6, 6.07) is 7.30. The van der Waals surface area contributed by atoms with Gasteiger partial charge in [0.15, 0.2) is 0 Å². The van der Waals surface area contributed by atoms with Crippen LogP contribution in [0.5, 0.6) is 0 Å². The lowest BCUT2D eigenvalue weighted by molar-refractivity contribution is -0.115. The SMILES string of the molecule is N#Cc1cc(NC(=O)Cc2nnc(-c3ccsc3)o2)ccc1F. The fraction of sp³-hybridized carbons (Fsp3) is 0.0667. The Morgan fingerprint density at radius 2 is 2.26 bits per heavy atom. The number of halogens is 1. The average Bonchev–Trinajstić information content (AvgIpc) is 3.20. The van der Waals surface area contributed by atoms with Gasteiger partial charge in [0.05, 0.1) is 5.56 Å². The number of benzene rings is 1. The van der Waals surface area contributed by atoms with Gasteiger partial charge in [0.25, 0.3) is 0 Å². The zero-order valence-corrected chi connectivity index (χ0v) is 12.4. The van der Waals surface area contributed by atoms with Crippen molar-refractivity contribution in [3.63, 3.8) is 0 Å². The molecule has 3 aromatic rings. The van der Waals surface area contributed by atoms with Crippen LogP contribution in [-0.2, 0) is 11.2 Å². The van der Waals surface area contributed by atoms with Crippen molar-refractivity contribution in [2.24, 2.45) is 0 Å². The van der Waals surface area contributed by atoms with E-state index in [0.29, 0.717) is 11.6 Å². The molecule has 114 valence electrons. The van der Waals surface area contributed by atoms with Crippen molar-refractivity contribution in [2.75, 3.05) is 5.32 Å². The van der Waals surface area contributed by atoms with Gasteiger partial charge in [-0.05, 0) is 29.6 Å².